The smallest absolute Gasteiger partial charge is 0.253 e. The van der Waals surface area contributed by atoms with Crippen molar-refractivity contribution in [3.8, 4) is 5.75 Å². The van der Waals surface area contributed by atoms with Gasteiger partial charge in [0.2, 0.25) is 0 Å². The number of hydrogen-bond acceptors (Lipinski definition) is 3. The molecule has 0 aromatic heterocycles. The number of ether oxygens (including phenoxy) is 1. The summed E-state index contributed by atoms with van der Waals surface area (Å²) >= 11 is 0. The van der Waals surface area contributed by atoms with E-state index in [9.17, 15) is 9.18 Å². The summed E-state index contributed by atoms with van der Waals surface area (Å²) in [4.78, 5) is 17.6. The molecule has 8 heteroatoms. The molecule has 2 aromatic rings. The van der Waals surface area contributed by atoms with E-state index in [1.54, 1.807) is 50.3 Å². The zero-order valence-corrected chi connectivity index (χ0v) is 18.8. The Bertz CT molecular complexity index is 810. The Kier molecular flexibility index (Phi) is 9.70. The number of benzene rings is 2. The Morgan fingerprint density at radius 2 is 1.64 bits per heavy atom. The van der Waals surface area contributed by atoms with Gasteiger partial charge in [0.25, 0.3) is 5.91 Å². The van der Waals surface area contributed by atoms with Gasteiger partial charge >= 0.3 is 0 Å². The van der Waals surface area contributed by atoms with Crippen molar-refractivity contribution in [3.63, 3.8) is 0 Å². The van der Waals surface area contributed by atoms with E-state index in [4.69, 9.17) is 4.74 Å². The highest BCUT2D eigenvalue weighted by molar-refractivity contribution is 14.0. The van der Waals surface area contributed by atoms with E-state index in [0.29, 0.717) is 24.6 Å². The maximum atomic E-state index is 13.7. The first-order valence-electron chi connectivity index (χ1n) is 8.52. The molecule has 0 saturated heterocycles. The molecule has 0 aliphatic rings. The second-order valence-electron chi connectivity index (χ2n) is 6.14. The summed E-state index contributed by atoms with van der Waals surface area (Å²) in [6, 6.07) is 12.2. The quantitative estimate of drug-likeness (QED) is 0.364. The van der Waals surface area contributed by atoms with Crippen molar-refractivity contribution in [3.05, 3.63) is 65.0 Å². The molecule has 2 aromatic carbocycles. The first-order chi connectivity index (χ1) is 12.9. The second-order valence-corrected chi connectivity index (χ2v) is 6.14. The van der Waals surface area contributed by atoms with Crippen LogP contribution in [0.15, 0.2) is 47.5 Å². The van der Waals surface area contributed by atoms with Gasteiger partial charge < -0.3 is 20.3 Å². The van der Waals surface area contributed by atoms with E-state index in [1.807, 2.05) is 12.1 Å². The molecule has 0 aliphatic carbocycles. The number of halogens is 2. The molecule has 0 fully saturated rings. The molecule has 0 unspecified atom stereocenters. The van der Waals surface area contributed by atoms with Gasteiger partial charge in [-0.3, -0.25) is 9.79 Å². The summed E-state index contributed by atoms with van der Waals surface area (Å²) in [5.74, 6) is 0.392. The van der Waals surface area contributed by atoms with Gasteiger partial charge in [0.05, 0.1) is 7.11 Å². The SMILES string of the molecule is CN=C(NCc1ccc(C(=O)N(C)C)cc1)NCc1ccc(OC)c(F)c1.I. The molecule has 0 radical (unpaired) electrons. The number of hydrogen-bond donors (Lipinski definition) is 2. The molecule has 0 saturated carbocycles. The summed E-state index contributed by atoms with van der Waals surface area (Å²) in [6.45, 7) is 0.976. The van der Waals surface area contributed by atoms with Crippen LogP contribution in [0.1, 0.15) is 21.5 Å². The highest BCUT2D eigenvalue weighted by atomic mass is 127. The minimum absolute atomic E-state index is 0. The van der Waals surface area contributed by atoms with E-state index < -0.39 is 5.82 Å². The molecule has 0 aliphatic heterocycles. The van der Waals surface area contributed by atoms with Crippen molar-refractivity contribution in [2.75, 3.05) is 28.3 Å². The lowest BCUT2D eigenvalue weighted by atomic mass is 10.1. The minimum atomic E-state index is -0.396. The minimum Gasteiger partial charge on any atom is -0.494 e. The molecule has 2 rings (SSSR count). The molecule has 0 atom stereocenters. The topological polar surface area (TPSA) is 66.0 Å². The number of carbonyl (C=O) groups excluding carboxylic acids is 1. The summed E-state index contributed by atoms with van der Waals surface area (Å²) in [6.07, 6.45) is 0. The van der Waals surface area contributed by atoms with Crippen LogP contribution in [0.25, 0.3) is 0 Å². The van der Waals surface area contributed by atoms with Crippen molar-refractivity contribution in [1.82, 2.24) is 15.5 Å². The molecule has 2 N–H and O–H groups in total. The van der Waals surface area contributed by atoms with Gasteiger partial charge in [-0.15, -0.1) is 24.0 Å². The fourth-order valence-corrected chi connectivity index (χ4v) is 2.44. The number of nitrogens with one attached hydrogen (secondary N) is 2. The van der Waals surface area contributed by atoms with Crippen LogP contribution >= 0.6 is 24.0 Å². The first kappa shape index (κ1) is 23.7. The average Bonchev–Trinajstić information content (AvgIpc) is 2.68. The predicted molar refractivity (Wildman–Crippen MR) is 120 cm³/mol. The number of guanidine groups is 1. The lowest BCUT2D eigenvalue weighted by molar-refractivity contribution is 0.0827. The van der Waals surface area contributed by atoms with Crippen LogP contribution in [0.4, 0.5) is 4.39 Å². The number of amides is 1. The van der Waals surface area contributed by atoms with Crippen molar-refractivity contribution in [1.29, 1.82) is 0 Å². The largest absolute Gasteiger partial charge is 0.494 e. The van der Waals surface area contributed by atoms with Crippen LogP contribution in [0.5, 0.6) is 5.75 Å². The van der Waals surface area contributed by atoms with Crippen LogP contribution in [0.3, 0.4) is 0 Å². The third-order valence-corrected chi connectivity index (χ3v) is 3.97. The zero-order chi connectivity index (χ0) is 19.8. The molecular weight excluding hydrogens is 474 g/mol. The number of methoxy groups -OCH3 is 1. The molecule has 1 amide bonds. The van der Waals surface area contributed by atoms with Gasteiger partial charge in [0.1, 0.15) is 0 Å². The molecule has 6 nitrogen and oxygen atoms in total. The van der Waals surface area contributed by atoms with Crippen LogP contribution < -0.4 is 15.4 Å². The lowest BCUT2D eigenvalue weighted by Crippen LogP contribution is -2.36. The van der Waals surface area contributed by atoms with Gasteiger partial charge in [-0.1, -0.05) is 18.2 Å². The normalized spacial score (nSPS) is 10.7. The summed E-state index contributed by atoms with van der Waals surface area (Å²) in [5, 5.41) is 6.33. The third-order valence-electron chi connectivity index (χ3n) is 3.97. The molecule has 0 bridgehead atoms. The molecule has 0 spiro atoms. The Morgan fingerprint density at radius 1 is 1.07 bits per heavy atom. The zero-order valence-electron chi connectivity index (χ0n) is 16.5. The summed E-state index contributed by atoms with van der Waals surface area (Å²) < 4.78 is 18.7. The maximum absolute atomic E-state index is 13.7. The van der Waals surface area contributed by atoms with Gasteiger partial charge in [0.15, 0.2) is 17.5 Å². The highest BCUT2D eigenvalue weighted by Gasteiger charge is 2.08. The highest BCUT2D eigenvalue weighted by Crippen LogP contribution is 2.17. The van der Waals surface area contributed by atoms with Crippen LogP contribution in [-0.4, -0.2) is 45.0 Å². The maximum Gasteiger partial charge on any atom is 0.253 e. The van der Waals surface area contributed by atoms with Crippen molar-refractivity contribution in [2.45, 2.75) is 13.1 Å². The van der Waals surface area contributed by atoms with Crippen molar-refractivity contribution < 1.29 is 13.9 Å². The van der Waals surface area contributed by atoms with E-state index in [2.05, 4.69) is 15.6 Å². The Hall–Kier alpha value is -2.36. The van der Waals surface area contributed by atoms with Gasteiger partial charge in [0, 0.05) is 39.8 Å². The number of rotatable bonds is 6. The van der Waals surface area contributed by atoms with Crippen LogP contribution in [0.2, 0.25) is 0 Å². The average molecular weight is 500 g/mol. The Balaban J connectivity index is 0.00000392. The second kappa shape index (κ2) is 11.5. The first-order valence-corrected chi connectivity index (χ1v) is 8.52. The van der Waals surface area contributed by atoms with Gasteiger partial charge in [-0.05, 0) is 35.4 Å². The van der Waals surface area contributed by atoms with E-state index in [1.165, 1.54) is 13.2 Å². The fraction of sp³-hybridized carbons (Fsp3) is 0.300. The molecule has 0 heterocycles. The standard InChI is InChI=1S/C20H25FN4O2.HI/c1-22-20(24-13-15-7-10-18(27-4)17(21)11-15)23-12-14-5-8-16(9-6-14)19(26)25(2)3;/h5-11H,12-13H2,1-4H3,(H2,22,23,24);1H. The number of carbonyl (C=O) groups is 1. The number of aliphatic imine (C=N–C) groups is 1. The Morgan fingerprint density at radius 3 is 2.14 bits per heavy atom. The lowest BCUT2D eigenvalue weighted by Gasteiger charge is -2.13. The van der Waals surface area contributed by atoms with Crippen LogP contribution in [-0.2, 0) is 13.1 Å². The monoisotopic (exact) mass is 500 g/mol. The van der Waals surface area contributed by atoms with E-state index >= 15 is 0 Å². The number of nitrogens with zero attached hydrogens (tertiary/aromatic N) is 2. The summed E-state index contributed by atoms with van der Waals surface area (Å²) in [7, 11) is 6.55. The van der Waals surface area contributed by atoms with E-state index in [-0.39, 0.29) is 35.6 Å². The van der Waals surface area contributed by atoms with Crippen LogP contribution in [0, 0.1) is 5.82 Å². The Labute approximate surface area is 182 Å². The third kappa shape index (κ3) is 6.66. The van der Waals surface area contributed by atoms with E-state index in [0.717, 1.165) is 11.1 Å². The fourth-order valence-electron chi connectivity index (χ4n) is 2.44. The van der Waals surface area contributed by atoms with Crippen molar-refractivity contribution in [2.24, 2.45) is 4.99 Å². The predicted octanol–water partition coefficient (Wildman–Crippen LogP) is 3.02. The molecule has 152 valence electrons. The summed E-state index contributed by atoms with van der Waals surface area (Å²) in [5.41, 5.74) is 2.44. The van der Waals surface area contributed by atoms with Gasteiger partial charge in [-0.2, -0.15) is 0 Å². The molecule has 28 heavy (non-hydrogen) atoms. The molecular formula is C20H26FIN4O2. The van der Waals surface area contributed by atoms with Gasteiger partial charge in [-0.25, -0.2) is 4.39 Å². The van der Waals surface area contributed by atoms with Crippen molar-refractivity contribution >= 4 is 35.8 Å².